The van der Waals surface area contributed by atoms with Crippen LogP contribution in [0.2, 0.25) is 0 Å². The zero-order valence-electron chi connectivity index (χ0n) is 8.62. The topological polar surface area (TPSA) is 119 Å². The van der Waals surface area contributed by atoms with Crippen molar-refractivity contribution in [2.75, 3.05) is 6.61 Å². The zero-order valence-corrected chi connectivity index (χ0v) is 8.62. The van der Waals surface area contributed by atoms with Gasteiger partial charge in [0.1, 0.15) is 6.10 Å². The standard InChI is InChI=1S/C8H17NO6/c1-4(11)6(3-10)15-7(8(13)14)9-5(2)12/h4,6-8,10-11,13-14H,3H2,1-2H3,(H,9,12). The molecule has 0 aliphatic rings. The second kappa shape index (κ2) is 6.70. The Morgan fingerprint density at radius 1 is 1.40 bits per heavy atom. The molecule has 1 amide bonds. The number of hydrogen-bond donors (Lipinski definition) is 5. The first-order chi connectivity index (χ1) is 6.88. The normalized spacial score (nSPS) is 17.3. The Morgan fingerprint density at radius 2 is 1.93 bits per heavy atom. The Morgan fingerprint density at radius 3 is 2.20 bits per heavy atom. The van der Waals surface area contributed by atoms with E-state index in [9.17, 15) is 4.79 Å². The van der Waals surface area contributed by atoms with Crippen LogP contribution >= 0.6 is 0 Å². The van der Waals surface area contributed by atoms with E-state index in [0.717, 1.165) is 0 Å². The van der Waals surface area contributed by atoms with Crippen LogP contribution < -0.4 is 5.32 Å². The van der Waals surface area contributed by atoms with Crippen LogP contribution in [-0.4, -0.2) is 57.7 Å². The highest BCUT2D eigenvalue weighted by atomic mass is 16.6. The highest BCUT2D eigenvalue weighted by Gasteiger charge is 2.25. The predicted octanol–water partition coefficient (Wildman–Crippen LogP) is -2.48. The molecule has 0 aliphatic carbocycles. The number of ether oxygens (including phenoxy) is 1. The lowest BCUT2D eigenvalue weighted by atomic mass is 10.2. The Bertz CT molecular complexity index is 196. The fourth-order valence-electron chi connectivity index (χ4n) is 0.877. The van der Waals surface area contributed by atoms with Crippen molar-refractivity contribution < 1.29 is 30.0 Å². The average molecular weight is 223 g/mol. The van der Waals surface area contributed by atoms with E-state index in [1.54, 1.807) is 0 Å². The maximum Gasteiger partial charge on any atom is 0.218 e. The number of hydrogen-bond acceptors (Lipinski definition) is 6. The Hall–Kier alpha value is -0.730. The summed E-state index contributed by atoms with van der Waals surface area (Å²) in [7, 11) is 0. The smallest absolute Gasteiger partial charge is 0.218 e. The third-order valence-electron chi connectivity index (χ3n) is 1.66. The highest BCUT2D eigenvalue weighted by molar-refractivity contribution is 5.73. The summed E-state index contributed by atoms with van der Waals surface area (Å²) in [6.07, 6.45) is -5.30. The van der Waals surface area contributed by atoms with Gasteiger partial charge in [0, 0.05) is 6.92 Å². The first kappa shape index (κ1) is 14.3. The van der Waals surface area contributed by atoms with Crippen molar-refractivity contribution >= 4 is 5.91 Å². The van der Waals surface area contributed by atoms with Crippen LogP contribution in [0.1, 0.15) is 13.8 Å². The van der Waals surface area contributed by atoms with Crippen molar-refractivity contribution in [3.63, 3.8) is 0 Å². The van der Waals surface area contributed by atoms with Gasteiger partial charge in [0.2, 0.25) is 5.91 Å². The van der Waals surface area contributed by atoms with Crippen LogP contribution in [0.5, 0.6) is 0 Å². The average Bonchev–Trinajstić information content (AvgIpc) is 2.10. The van der Waals surface area contributed by atoms with Gasteiger partial charge >= 0.3 is 0 Å². The molecule has 90 valence electrons. The van der Waals surface area contributed by atoms with Gasteiger partial charge in [0.05, 0.1) is 12.7 Å². The number of carbonyl (C=O) groups is 1. The minimum Gasteiger partial charge on any atom is -0.394 e. The molecule has 3 atom stereocenters. The number of aliphatic hydroxyl groups is 4. The molecule has 0 saturated heterocycles. The lowest BCUT2D eigenvalue weighted by molar-refractivity contribution is -0.197. The van der Waals surface area contributed by atoms with Crippen LogP contribution in [-0.2, 0) is 9.53 Å². The fourth-order valence-corrected chi connectivity index (χ4v) is 0.877. The summed E-state index contributed by atoms with van der Waals surface area (Å²) in [6, 6.07) is 0. The highest BCUT2D eigenvalue weighted by Crippen LogP contribution is 2.04. The van der Waals surface area contributed by atoms with Crippen LogP contribution in [0.15, 0.2) is 0 Å². The Balaban J connectivity index is 4.31. The van der Waals surface area contributed by atoms with Crippen LogP contribution in [0, 0.1) is 0 Å². The fraction of sp³-hybridized carbons (Fsp3) is 0.875. The quantitative estimate of drug-likeness (QED) is 0.318. The molecular weight excluding hydrogens is 206 g/mol. The number of carbonyl (C=O) groups excluding carboxylic acids is 1. The Labute approximate surface area is 87.3 Å². The summed E-state index contributed by atoms with van der Waals surface area (Å²) in [6.45, 7) is 2.05. The van der Waals surface area contributed by atoms with E-state index in [1.807, 2.05) is 0 Å². The van der Waals surface area contributed by atoms with Gasteiger partial charge in [-0.3, -0.25) is 4.79 Å². The first-order valence-electron chi connectivity index (χ1n) is 4.46. The van der Waals surface area contributed by atoms with Crippen molar-refractivity contribution in [2.24, 2.45) is 0 Å². The number of nitrogens with one attached hydrogen (secondary N) is 1. The summed E-state index contributed by atoms with van der Waals surface area (Å²) < 4.78 is 4.90. The van der Waals surface area contributed by atoms with Crippen molar-refractivity contribution in [1.82, 2.24) is 5.32 Å². The molecule has 7 heteroatoms. The molecule has 0 aliphatic heterocycles. The van der Waals surface area contributed by atoms with E-state index in [0.29, 0.717) is 0 Å². The van der Waals surface area contributed by atoms with Crippen molar-refractivity contribution in [1.29, 1.82) is 0 Å². The van der Waals surface area contributed by atoms with Crippen LogP contribution in [0.4, 0.5) is 0 Å². The van der Waals surface area contributed by atoms with Crippen molar-refractivity contribution in [3.8, 4) is 0 Å². The third kappa shape index (κ3) is 5.65. The second-order valence-electron chi connectivity index (χ2n) is 3.13. The van der Waals surface area contributed by atoms with E-state index < -0.39 is 37.2 Å². The van der Waals surface area contributed by atoms with E-state index in [2.05, 4.69) is 5.32 Å². The minimum absolute atomic E-state index is 0.500. The SMILES string of the molecule is CC(=O)NC(OC(CO)C(C)O)C(O)O. The molecule has 0 aromatic carbocycles. The lowest BCUT2D eigenvalue weighted by Gasteiger charge is -2.26. The monoisotopic (exact) mass is 223 g/mol. The predicted molar refractivity (Wildman–Crippen MR) is 49.5 cm³/mol. The summed E-state index contributed by atoms with van der Waals surface area (Å²) in [5.74, 6) is -0.518. The van der Waals surface area contributed by atoms with Crippen LogP contribution in [0.25, 0.3) is 0 Å². The van der Waals surface area contributed by atoms with Crippen LogP contribution in [0.3, 0.4) is 0 Å². The van der Waals surface area contributed by atoms with Gasteiger partial charge < -0.3 is 30.5 Å². The van der Waals surface area contributed by atoms with Crippen molar-refractivity contribution in [3.05, 3.63) is 0 Å². The van der Waals surface area contributed by atoms with E-state index >= 15 is 0 Å². The zero-order chi connectivity index (χ0) is 12.0. The summed E-state index contributed by atoms with van der Waals surface area (Å²) in [5, 5.41) is 37.7. The van der Waals surface area contributed by atoms with Gasteiger partial charge in [-0.25, -0.2) is 0 Å². The molecular formula is C8H17NO6. The van der Waals surface area contributed by atoms with Gasteiger partial charge in [-0.05, 0) is 6.92 Å². The second-order valence-corrected chi connectivity index (χ2v) is 3.13. The molecule has 0 rings (SSSR count). The van der Waals surface area contributed by atoms with Gasteiger partial charge in [0.15, 0.2) is 12.5 Å². The molecule has 0 spiro atoms. The van der Waals surface area contributed by atoms with Gasteiger partial charge in [-0.2, -0.15) is 0 Å². The van der Waals surface area contributed by atoms with Gasteiger partial charge in [-0.1, -0.05) is 0 Å². The maximum atomic E-state index is 10.7. The van der Waals surface area contributed by atoms with E-state index in [4.69, 9.17) is 25.2 Å². The molecule has 0 radical (unpaired) electrons. The molecule has 7 nitrogen and oxygen atoms in total. The molecule has 0 saturated carbocycles. The Kier molecular flexibility index (Phi) is 6.37. The number of amides is 1. The third-order valence-corrected chi connectivity index (χ3v) is 1.66. The molecule has 0 heterocycles. The van der Waals surface area contributed by atoms with Gasteiger partial charge in [0.25, 0.3) is 0 Å². The molecule has 5 N–H and O–H groups in total. The minimum atomic E-state index is -1.93. The van der Waals surface area contributed by atoms with E-state index in [-0.39, 0.29) is 0 Å². The largest absolute Gasteiger partial charge is 0.394 e. The molecule has 3 unspecified atom stereocenters. The number of rotatable bonds is 6. The molecule has 0 aromatic rings. The summed E-state index contributed by atoms with van der Waals surface area (Å²) in [4.78, 5) is 10.7. The molecule has 0 fully saturated rings. The summed E-state index contributed by atoms with van der Waals surface area (Å²) >= 11 is 0. The van der Waals surface area contributed by atoms with Gasteiger partial charge in [-0.15, -0.1) is 0 Å². The van der Waals surface area contributed by atoms with E-state index in [1.165, 1.54) is 13.8 Å². The summed E-state index contributed by atoms with van der Waals surface area (Å²) in [5.41, 5.74) is 0. The lowest BCUT2D eigenvalue weighted by Crippen LogP contribution is -2.48. The number of aliphatic hydroxyl groups excluding tert-OH is 3. The maximum absolute atomic E-state index is 10.7. The van der Waals surface area contributed by atoms with Crippen molar-refractivity contribution in [2.45, 2.75) is 38.6 Å². The molecule has 0 bridgehead atoms. The molecule has 0 aromatic heterocycles. The molecule has 15 heavy (non-hydrogen) atoms. The first-order valence-corrected chi connectivity index (χ1v) is 4.46.